The predicted molar refractivity (Wildman–Crippen MR) is 159 cm³/mol. The van der Waals surface area contributed by atoms with Gasteiger partial charge >= 0.3 is 0 Å². The van der Waals surface area contributed by atoms with Gasteiger partial charge in [0.1, 0.15) is 0 Å². The topological polar surface area (TPSA) is 0 Å². The average molecular weight is 529 g/mol. The van der Waals surface area contributed by atoms with Crippen LogP contribution in [0.1, 0.15) is 19.3 Å². The molecular formula is C31H28S4. The Morgan fingerprint density at radius 2 is 0.743 bits per heavy atom. The Balaban J connectivity index is 1.43. The maximum Gasteiger partial charge on any atom is 0.0119 e. The molecule has 0 spiro atoms. The van der Waals surface area contributed by atoms with E-state index in [0.717, 1.165) is 19.3 Å². The van der Waals surface area contributed by atoms with Crippen molar-refractivity contribution >= 4 is 47.0 Å². The number of hydrogen-bond donors (Lipinski definition) is 0. The van der Waals surface area contributed by atoms with Crippen molar-refractivity contribution in [1.82, 2.24) is 0 Å². The summed E-state index contributed by atoms with van der Waals surface area (Å²) in [7, 11) is 0. The van der Waals surface area contributed by atoms with Crippen LogP contribution in [-0.2, 0) is 0 Å². The van der Waals surface area contributed by atoms with Gasteiger partial charge in [0.05, 0.1) is 0 Å². The molecule has 0 unspecified atom stereocenters. The highest BCUT2D eigenvalue weighted by Crippen LogP contribution is 2.37. The third kappa shape index (κ3) is 9.73. The van der Waals surface area contributed by atoms with E-state index in [-0.39, 0.29) is 0 Å². The van der Waals surface area contributed by atoms with E-state index in [1.807, 2.05) is 47.0 Å². The van der Waals surface area contributed by atoms with Crippen molar-refractivity contribution in [3.8, 4) is 0 Å². The van der Waals surface area contributed by atoms with Crippen LogP contribution >= 0.6 is 47.0 Å². The van der Waals surface area contributed by atoms with Crippen molar-refractivity contribution in [2.45, 2.75) is 38.8 Å². The smallest absolute Gasteiger partial charge is 0.0119 e. The van der Waals surface area contributed by atoms with E-state index < -0.39 is 0 Å². The molecule has 0 bridgehead atoms. The minimum atomic E-state index is 1.06. The number of hydrogen-bond acceptors (Lipinski definition) is 4. The maximum absolute atomic E-state index is 2.33. The fourth-order valence-corrected chi connectivity index (χ4v) is 7.01. The summed E-state index contributed by atoms with van der Waals surface area (Å²) in [5.74, 6) is 0. The van der Waals surface area contributed by atoms with Crippen LogP contribution in [0.25, 0.3) is 0 Å². The highest BCUT2D eigenvalue weighted by atomic mass is 32.2. The first-order valence-corrected chi connectivity index (χ1v) is 15.0. The second kappa shape index (κ2) is 15.0. The van der Waals surface area contributed by atoms with E-state index in [2.05, 4.69) is 132 Å². The Morgan fingerprint density at radius 1 is 0.429 bits per heavy atom. The normalized spacial score (nSPS) is 12.0. The Hall–Kier alpha value is -2.24. The van der Waals surface area contributed by atoms with Gasteiger partial charge in [-0.3, -0.25) is 0 Å². The molecule has 4 heteroatoms. The lowest BCUT2D eigenvalue weighted by Gasteiger charge is -2.11. The van der Waals surface area contributed by atoms with Gasteiger partial charge in [-0.25, -0.2) is 0 Å². The van der Waals surface area contributed by atoms with Gasteiger partial charge in [-0.2, -0.15) is 0 Å². The third-order valence-corrected chi connectivity index (χ3v) is 9.35. The molecule has 0 aliphatic rings. The van der Waals surface area contributed by atoms with Crippen LogP contribution in [0.4, 0.5) is 0 Å². The number of allylic oxidation sites excluding steroid dienone is 2. The molecule has 0 aliphatic heterocycles. The zero-order chi connectivity index (χ0) is 24.0. The summed E-state index contributed by atoms with van der Waals surface area (Å²) in [6, 6.07) is 42.6. The Labute approximate surface area is 226 Å². The third-order valence-electron chi connectivity index (χ3n) is 4.97. The molecule has 4 rings (SSSR count). The lowest BCUT2D eigenvalue weighted by atomic mass is 10.2. The molecule has 0 aliphatic carbocycles. The van der Waals surface area contributed by atoms with Gasteiger partial charge in [0.25, 0.3) is 0 Å². The van der Waals surface area contributed by atoms with E-state index in [1.165, 1.54) is 29.4 Å². The van der Waals surface area contributed by atoms with E-state index in [0.29, 0.717) is 0 Å². The SMILES string of the molecule is C(/Sc1ccccc1)=C(\CCC/C(=C/Sc1ccccc1)Sc1ccccc1)Sc1ccccc1. The predicted octanol–water partition coefficient (Wildman–Crippen LogP) is 11.0. The van der Waals surface area contributed by atoms with Gasteiger partial charge < -0.3 is 0 Å². The first-order chi connectivity index (χ1) is 17.3. The van der Waals surface area contributed by atoms with Gasteiger partial charge in [-0.05, 0) is 88.4 Å². The molecule has 0 heterocycles. The van der Waals surface area contributed by atoms with E-state index in [9.17, 15) is 0 Å². The molecule has 0 nitrogen and oxygen atoms in total. The van der Waals surface area contributed by atoms with Gasteiger partial charge in [0, 0.05) is 19.6 Å². The van der Waals surface area contributed by atoms with Crippen LogP contribution < -0.4 is 0 Å². The summed E-state index contributed by atoms with van der Waals surface area (Å²) in [6.45, 7) is 0. The van der Waals surface area contributed by atoms with Crippen LogP contribution in [0.15, 0.2) is 162 Å². The van der Waals surface area contributed by atoms with E-state index in [4.69, 9.17) is 0 Å². The van der Waals surface area contributed by atoms with E-state index in [1.54, 1.807) is 0 Å². The van der Waals surface area contributed by atoms with Crippen LogP contribution in [0.5, 0.6) is 0 Å². The largest absolute Gasteiger partial charge is 0.0972 e. The molecule has 0 amide bonds. The molecule has 0 atom stereocenters. The van der Waals surface area contributed by atoms with Crippen LogP contribution in [0, 0.1) is 0 Å². The molecule has 4 aromatic carbocycles. The molecule has 35 heavy (non-hydrogen) atoms. The number of rotatable bonds is 12. The van der Waals surface area contributed by atoms with E-state index >= 15 is 0 Å². The van der Waals surface area contributed by atoms with Crippen LogP contribution in [0.3, 0.4) is 0 Å². The molecule has 0 saturated carbocycles. The molecule has 4 aromatic rings. The summed E-state index contributed by atoms with van der Waals surface area (Å²) in [5, 5.41) is 4.67. The summed E-state index contributed by atoms with van der Waals surface area (Å²) < 4.78 is 0. The fraction of sp³-hybridized carbons (Fsp3) is 0.0968. The highest BCUT2D eigenvalue weighted by Gasteiger charge is 2.06. The standard InChI is InChI=1S/C31H28S4/c1-5-14-26(15-6-1)32-24-30(34-28-18-9-3-10-19-28)22-13-23-31(35-29-20-11-4-12-21-29)25-33-27-16-7-2-8-17-27/h1-12,14-21,24-25H,13,22-23H2/b30-24-,31-25-. The van der Waals surface area contributed by atoms with Crippen molar-refractivity contribution in [3.05, 3.63) is 142 Å². The Morgan fingerprint density at radius 3 is 1.09 bits per heavy atom. The molecule has 0 aromatic heterocycles. The quantitative estimate of drug-likeness (QED) is 0.168. The monoisotopic (exact) mass is 528 g/mol. The second-order valence-corrected chi connectivity index (χ2v) is 12.0. The van der Waals surface area contributed by atoms with Crippen molar-refractivity contribution in [2.24, 2.45) is 0 Å². The van der Waals surface area contributed by atoms with Crippen molar-refractivity contribution in [2.75, 3.05) is 0 Å². The minimum Gasteiger partial charge on any atom is -0.0972 e. The molecule has 0 saturated heterocycles. The molecule has 0 N–H and O–H groups in total. The van der Waals surface area contributed by atoms with Crippen LogP contribution in [-0.4, -0.2) is 0 Å². The lowest BCUT2D eigenvalue weighted by Crippen LogP contribution is -1.84. The summed E-state index contributed by atoms with van der Waals surface area (Å²) >= 11 is 7.39. The summed E-state index contributed by atoms with van der Waals surface area (Å²) in [5.41, 5.74) is 0. The zero-order valence-corrected chi connectivity index (χ0v) is 22.7. The average Bonchev–Trinajstić information content (AvgIpc) is 2.92. The number of benzene rings is 4. The van der Waals surface area contributed by atoms with Gasteiger partial charge in [-0.15, -0.1) is 0 Å². The first kappa shape index (κ1) is 25.8. The maximum atomic E-state index is 2.33. The zero-order valence-electron chi connectivity index (χ0n) is 19.5. The van der Waals surface area contributed by atoms with Crippen molar-refractivity contribution in [3.63, 3.8) is 0 Å². The fourth-order valence-electron chi connectivity index (χ4n) is 3.25. The summed E-state index contributed by atoms with van der Waals surface area (Å²) in [6.07, 6.45) is 3.23. The second-order valence-electron chi connectivity index (χ2n) is 7.71. The molecule has 176 valence electrons. The first-order valence-electron chi connectivity index (χ1n) is 11.6. The Kier molecular flexibility index (Phi) is 11.1. The van der Waals surface area contributed by atoms with Gasteiger partial charge in [0.15, 0.2) is 0 Å². The molecule has 0 radical (unpaired) electrons. The van der Waals surface area contributed by atoms with Crippen molar-refractivity contribution in [1.29, 1.82) is 0 Å². The number of thioether (sulfide) groups is 4. The van der Waals surface area contributed by atoms with Gasteiger partial charge in [0.2, 0.25) is 0 Å². The van der Waals surface area contributed by atoms with Crippen molar-refractivity contribution < 1.29 is 0 Å². The van der Waals surface area contributed by atoms with Crippen LogP contribution in [0.2, 0.25) is 0 Å². The highest BCUT2D eigenvalue weighted by molar-refractivity contribution is 8.06. The molecule has 0 fully saturated rings. The lowest BCUT2D eigenvalue weighted by molar-refractivity contribution is 0.854. The summed E-state index contributed by atoms with van der Waals surface area (Å²) in [4.78, 5) is 7.95. The minimum absolute atomic E-state index is 1.06. The Bertz CT molecular complexity index is 1090. The molecular weight excluding hydrogens is 501 g/mol. The van der Waals surface area contributed by atoms with Gasteiger partial charge in [-0.1, -0.05) is 120 Å².